The van der Waals surface area contributed by atoms with Crippen LogP contribution < -0.4 is 10.3 Å². The molecule has 11 heavy (non-hydrogen) atoms. The molecule has 0 unspecified atom stereocenters. The van der Waals surface area contributed by atoms with Gasteiger partial charge in [-0.15, -0.1) is 0 Å². The zero-order chi connectivity index (χ0) is 7.71. The van der Waals surface area contributed by atoms with Gasteiger partial charge in [-0.25, -0.2) is 8.42 Å². The van der Waals surface area contributed by atoms with E-state index < -0.39 is 20.6 Å². The molecule has 0 bridgehead atoms. The van der Waals surface area contributed by atoms with Crippen LogP contribution in [0.2, 0.25) is 0 Å². The van der Waals surface area contributed by atoms with Crippen LogP contribution >= 0.6 is 0 Å². The van der Waals surface area contributed by atoms with Crippen LogP contribution in [-0.4, -0.2) is 25.9 Å². The molecule has 74 valence electrons. The van der Waals surface area contributed by atoms with E-state index in [0.717, 1.165) is 0 Å². The predicted molar refractivity (Wildman–Crippen MR) is 29.4 cm³/mol. The van der Waals surface area contributed by atoms with Gasteiger partial charge in [-0.2, -0.15) is 8.42 Å². The monoisotopic (exact) mass is 300 g/mol. The third-order valence-electron chi connectivity index (χ3n) is 0.207. The Balaban J connectivity index is -0.000000320. The first-order valence-electron chi connectivity index (χ1n) is 1.42. The fourth-order valence-corrected chi connectivity index (χ4v) is 1.16. The molecule has 5 N–H and O–H groups in total. The third-order valence-corrected chi connectivity index (χ3v) is 1.87. The summed E-state index contributed by atoms with van der Waals surface area (Å²) in [4.78, 5) is 0. The van der Waals surface area contributed by atoms with Gasteiger partial charge in [-0.3, -0.25) is 4.55 Å². The molecule has 0 aromatic heterocycles. The van der Waals surface area contributed by atoms with Crippen LogP contribution in [0.3, 0.4) is 0 Å². The SMILES string of the molecule is N.O=S(=O)([O-])NS(=O)(=O)O.[Ag+]. The fraction of sp³-hybridized carbons (Fsp3) is 0. The van der Waals surface area contributed by atoms with E-state index in [1.165, 1.54) is 0 Å². The van der Waals surface area contributed by atoms with Gasteiger partial charge in [-0.1, -0.05) is 4.13 Å². The van der Waals surface area contributed by atoms with Gasteiger partial charge in [0.05, 0.1) is 0 Å². The average molecular weight is 301 g/mol. The van der Waals surface area contributed by atoms with Crippen molar-refractivity contribution < 1.29 is 48.3 Å². The van der Waals surface area contributed by atoms with E-state index >= 15 is 0 Å². The normalized spacial score (nSPS) is 11.1. The second-order valence-corrected chi connectivity index (χ2v) is 3.54. The standard InChI is InChI=1S/Ag.H3NO6S2.H3N/c;2-8(3,4)1-9(5,6)7;/h;1H,(H,2,3,4)(H,5,6,7);1H3/q+1;;/p-1. The summed E-state index contributed by atoms with van der Waals surface area (Å²) < 4.78 is 55.4. The molecule has 0 rings (SSSR count). The Bertz CT molecular complexity index is 244. The van der Waals surface area contributed by atoms with Gasteiger partial charge < -0.3 is 10.7 Å². The third kappa shape index (κ3) is 17.9. The van der Waals surface area contributed by atoms with Gasteiger partial charge in [0.25, 0.3) is 0 Å². The molecular formula is H5AgN2O6S2. The fourth-order valence-electron chi connectivity index (χ4n) is 0.129. The summed E-state index contributed by atoms with van der Waals surface area (Å²) in [7, 11) is -10.1. The molecule has 0 radical (unpaired) electrons. The molecule has 0 amide bonds. The maximum absolute atomic E-state index is 9.51. The van der Waals surface area contributed by atoms with Crippen molar-refractivity contribution in [2.24, 2.45) is 0 Å². The van der Waals surface area contributed by atoms with Crippen molar-refractivity contribution in [1.82, 2.24) is 10.3 Å². The Labute approximate surface area is 79.2 Å². The van der Waals surface area contributed by atoms with Gasteiger partial charge in [0, 0.05) is 0 Å². The topological polar surface area (TPSA) is 159 Å². The van der Waals surface area contributed by atoms with Gasteiger partial charge in [0.2, 0.25) is 0 Å². The summed E-state index contributed by atoms with van der Waals surface area (Å²) in [5.41, 5.74) is 0. The Morgan fingerprint density at radius 2 is 1.45 bits per heavy atom. The van der Waals surface area contributed by atoms with Crippen molar-refractivity contribution in [3.8, 4) is 0 Å². The number of hydrogen-bond donors (Lipinski definition) is 3. The summed E-state index contributed by atoms with van der Waals surface area (Å²) in [5, 5.41) is 0. The van der Waals surface area contributed by atoms with Crippen LogP contribution in [0.4, 0.5) is 0 Å². The van der Waals surface area contributed by atoms with Crippen LogP contribution in [0.25, 0.3) is 0 Å². The Morgan fingerprint density at radius 3 is 1.45 bits per heavy atom. The molecule has 11 heteroatoms. The molecule has 0 saturated carbocycles. The zero-order valence-corrected chi connectivity index (χ0v) is 7.93. The second kappa shape index (κ2) is 5.18. The number of hydrogen-bond acceptors (Lipinski definition) is 6. The second-order valence-electron chi connectivity index (χ2n) is 1.01. The molecule has 0 saturated heterocycles. The summed E-state index contributed by atoms with van der Waals surface area (Å²) in [6.07, 6.45) is 0. The molecular weight excluding hydrogens is 296 g/mol. The summed E-state index contributed by atoms with van der Waals surface area (Å²) in [5.74, 6) is 0. The Kier molecular flexibility index (Phi) is 8.26. The molecule has 0 aromatic rings. The molecule has 0 fully saturated rings. The smallest absolute Gasteiger partial charge is 0.735 e. The quantitative estimate of drug-likeness (QED) is 0.393. The van der Waals surface area contributed by atoms with Crippen LogP contribution in [0.5, 0.6) is 0 Å². The molecule has 8 nitrogen and oxygen atoms in total. The van der Waals surface area contributed by atoms with Gasteiger partial charge in [0.15, 0.2) is 10.3 Å². The minimum atomic E-state index is -5.12. The summed E-state index contributed by atoms with van der Waals surface area (Å²) in [6.45, 7) is 0. The molecule has 0 atom stereocenters. The number of nitrogens with one attached hydrogen (secondary N) is 1. The van der Waals surface area contributed by atoms with Crippen LogP contribution in [0.1, 0.15) is 0 Å². The van der Waals surface area contributed by atoms with E-state index in [4.69, 9.17) is 4.55 Å². The van der Waals surface area contributed by atoms with Crippen LogP contribution in [0.15, 0.2) is 0 Å². The molecule has 0 aromatic carbocycles. The molecule has 0 heterocycles. The van der Waals surface area contributed by atoms with E-state index in [1.54, 1.807) is 0 Å². The van der Waals surface area contributed by atoms with Crippen molar-refractivity contribution in [2.45, 2.75) is 0 Å². The van der Waals surface area contributed by atoms with Crippen molar-refractivity contribution in [2.75, 3.05) is 0 Å². The first-order chi connectivity index (χ1) is 3.71. The van der Waals surface area contributed by atoms with Crippen molar-refractivity contribution in [3.05, 3.63) is 0 Å². The summed E-state index contributed by atoms with van der Waals surface area (Å²) >= 11 is 0. The van der Waals surface area contributed by atoms with Crippen molar-refractivity contribution in [3.63, 3.8) is 0 Å². The van der Waals surface area contributed by atoms with Gasteiger partial charge in [0.1, 0.15) is 0 Å². The average Bonchev–Trinajstić information content (AvgIpc) is 1.14. The van der Waals surface area contributed by atoms with E-state index in [-0.39, 0.29) is 28.5 Å². The van der Waals surface area contributed by atoms with Crippen LogP contribution in [-0.2, 0) is 43.0 Å². The first kappa shape index (κ1) is 17.5. The maximum atomic E-state index is 9.51. The van der Waals surface area contributed by atoms with E-state index in [2.05, 4.69) is 0 Å². The molecule has 0 aliphatic carbocycles. The Hall–Kier alpha value is 0.480. The first-order valence-corrected chi connectivity index (χ1v) is 4.27. The van der Waals surface area contributed by atoms with Crippen molar-refractivity contribution in [1.29, 1.82) is 0 Å². The predicted octanol–water partition coefficient (Wildman–Crippen LogP) is -2.00. The van der Waals surface area contributed by atoms with Gasteiger partial charge in [-0.05, 0) is 0 Å². The van der Waals surface area contributed by atoms with Crippen molar-refractivity contribution >= 4 is 20.6 Å². The minimum absolute atomic E-state index is 0. The molecule has 0 aliphatic heterocycles. The Morgan fingerprint density at radius 1 is 1.18 bits per heavy atom. The largest absolute Gasteiger partial charge is 1.00 e. The van der Waals surface area contributed by atoms with Gasteiger partial charge >= 0.3 is 32.7 Å². The van der Waals surface area contributed by atoms with E-state index in [1.807, 2.05) is 0 Å². The van der Waals surface area contributed by atoms with Crippen LogP contribution in [0, 0.1) is 0 Å². The zero-order valence-electron chi connectivity index (χ0n) is 4.81. The van der Waals surface area contributed by atoms with E-state index in [0.29, 0.717) is 4.13 Å². The minimum Gasteiger partial charge on any atom is -0.735 e. The number of rotatable bonds is 2. The maximum Gasteiger partial charge on any atom is 1.00 e. The molecule has 0 aliphatic rings. The summed E-state index contributed by atoms with van der Waals surface area (Å²) in [6, 6.07) is 0. The molecule has 0 spiro atoms. The van der Waals surface area contributed by atoms with E-state index in [9.17, 15) is 21.4 Å².